The minimum absolute atomic E-state index is 0.0234. The van der Waals surface area contributed by atoms with Crippen molar-refractivity contribution in [1.29, 1.82) is 0 Å². The third-order valence-electron chi connectivity index (χ3n) is 3.11. The normalized spacial score (nSPS) is 10.1. The lowest BCUT2D eigenvalue weighted by atomic mass is 10.1. The molecule has 0 spiro atoms. The van der Waals surface area contributed by atoms with E-state index in [4.69, 9.17) is 4.74 Å². The van der Waals surface area contributed by atoms with Crippen LogP contribution in [0.5, 0.6) is 0 Å². The topological polar surface area (TPSA) is 98.5 Å². The average Bonchev–Trinajstić information content (AvgIpc) is 2.54. The predicted octanol–water partition coefficient (Wildman–Crippen LogP) is 2.84. The number of hydrogen-bond donors (Lipinski definition) is 1. The number of hydrogen-bond acceptors (Lipinski definition) is 5. The van der Waals surface area contributed by atoms with E-state index in [1.165, 1.54) is 43.3 Å². The maximum atomic E-state index is 13.4. The minimum Gasteiger partial charge on any atom is -0.452 e. The molecule has 7 nitrogen and oxygen atoms in total. The summed E-state index contributed by atoms with van der Waals surface area (Å²) in [6.45, 7) is 0.878. The molecule has 0 aliphatic carbocycles. The molecule has 124 valence electrons. The summed E-state index contributed by atoms with van der Waals surface area (Å²) in [5, 5.41) is 13.0. The number of halogens is 1. The Kier molecular flexibility index (Phi) is 5.20. The van der Waals surface area contributed by atoms with Gasteiger partial charge in [-0.3, -0.25) is 14.9 Å². The molecule has 2 rings (SSSR count). The highest BCUT2D eigenvalue weighted by molar-refractivity contribution is 5.95. The van der Waals surface area contributed by atoms with Gasteiger partial charge in [0.15, 0.2) is 6.61 Å². The largest absolute Gasteiger partial charge is 0.452 e. The van der Waals surface area contributed by atoms with Gasteiger partial charge in [-0.25, -0.2) is 9.18 Å². The number of rotatable bonds is 5. The molecule has 0 radical (unpaired) electrons. The van der Waals surface area contributed by atoms with Crippen LogP contribution in [0.3, 0.4) is 0 Å². The maximum Gasteiger partial charge on any atom is 0.338 e. The monoisotopic (exact) mass is 332 g/mol. The number of carbonyl (C=O) groups is 2. The first kappa shape index (κ1) is 17.1. The van der Waals surface area contributed by atoms with Crippen molar-refractivity contribution < 1.29 is 23.6 Å². The summed E-state index contributed by atoms with van der Waals surface area (Å²) in [5.74, 6) is -2.12. The molecule has 2 aromatic rings. The van der Waals surface area contributed by atoms with E-state index >= 15 is 0 Å². The SMILES string of the molecule is Cc1cc(C(=O)OCC(=O)Nc2ccccc2F)ccc1[N+](=O)[O-]. The molecule has 1 N–H and O–H groups in total. The number of nitro groups is 1. The number of esters is 1. The number of aryl methyl sites for hydroxylation is 1. The lowest BCUT2D eigenvalue weighted by Crippen LogP contribution is -2.21. The highest BCUT2D eigenvalue weighted by Gasteiger charge is 2.16. The summed E-state index contributed by atoms with van der Waals surface area (Å²) in [7, 11) is 0. The summed E-state index contributed by atoms with van der Waals surface area (Å²) in [6, 6.07) is 9.30. The van der Waals surface area contributed by atoms with E-state index in [-0.39, 0.29) is 16.9 Å². The number of ether oxygens (including phenoxy) is 1. The van der Waals surface area contributed by atoms with Crippen LogP contribution in [0.1, 0.15) is 15.9 Å². The van der Waals surface area contributed by atoms with Crippen molar-refractivity contribution in [3.63, 3.8) is 0 Å². The Bertz CT molecular complexity index is 807. The zero-order valence-corrected chi connectivity index (χ0v) is 12.6. The summed E-state index contributed by atoms with van der Waals surface area (Å²) in [6.07, 6.45) is 0. The van der Waals surface area contributed by atoms with Crippen LogP contribution < -0.4 is 5.32 Å². The van der Waals surface area contributed by atoms with Gasteiger partial charge in [0, 0.05) is 11.6 Å². The predicted molar refractivity (Wildman–Crippen MR) is 83.1 cm³/mol. The Morgan fingerprint density at radius 2 is 1.96 bits per heavy atom. The van der Waals surface area contributed by atoms with Crippen LogP contribution >= 0.6 is 0 Å². The van der Waals surface area contributed by atoms with E-state index < -0.39 is 29.2 Å². The van der Waals surface area contributed by atoms with Crippen LogP contribution in [0, 0.1) is 22.9 Å². The zero-order chi connectivity index (χ0) is 17.7. The van der Waals surface area contributed by atoms with E-state index in [0.717, 1.165) is 0 Å². The Morgan fingerprint density at radius 1 is 1.25 bits per heavy atom. The lowest BCUT2D eigenvalue weighted by Gasteiger charge is -2.07. The number of nitrogens with one attached hydrogen (secondary N) is 1. The molecule has 0 bridgehead atoms. The van der Waals surface area contributed by atoms with E-state index in [9.17, 15) is 24.1 Å². The molecule has 1 amide bonds. The number of nitrogens with zero attached hydrogens (tertiary/aromatic N) is 1. The van der Waals surface area contributed by atoms with Crippen molar-refractivity contribution in [3.05, 3.63) is 69.5 Å². The highest BCUT2D eigenvalue weighted by Crippen LogP contribution is 2.19. The van der Waals surface area contributed by atoms with Gasteiger partial charge in [0.05, 0.1) is 16.2 Å². The van der Waals surface area contributed by atoms with E-state index in [2.05, 4.69) is 5.32 Å². The van der Waals surface area contributed by atoms with Gasteiger partial charge in [0.1, 0.15) is 5.82 Å². The molecule has 0 aliphatic rings. The Hall–Kier alpha value is -3.29. The summed E-state index contributed by atoms with van der Waals surface area (Å²) >= 11 is 0. The maximum absolute atomic E-state index is 13.4. The summed E-state index contributed by atoms with van der Waals surface area (Å²) < 4.78 is 18.2. The van der Waals surface area contributed by atoms with Crippen molar-refractivity contribution in [2.45, 2.75) is 6.92 Å². The zero-order valence-electron chi connectivity index (χ0n) is 12.6. The number of amides is 1. The van der Waals surface area contributed by atoms with E-state index in [1.807, 2.05) is 0 Å². The molecule has 0 saturated carbocycles. The molecule has 0 heterocycles. The second-order valence-electron chi connectivity index (χ2n) is 4.86. The number of benzene rings is 2. The summed E-state index contributed by atoms with van der Waals surface area (Å²) in [4.78, 5) is 33.7. The standard InChI is InChI=1S/C16H13FN2O5/c1-10-8-11(6-7-14(10)19(22)23)16(21)24-9-15(20)18-13-5-3-2-4-12(13)17/h2-8H,9H2,1H3,(H,18,20). The fraction of sp³-hybridized carbons (Fsp3) is 0.125. The third-order valence-corrected chi connectivity index (χ3v) is 3.11. The van der Waals surface area contributed by atoms with Crippen molar-refractivity contribution in [2.24, 2.45) is 0 Å². The third kappa shape index (κ3) is 4.13. The lowest BCUT2D eigenvalue weighted by molar-refractivity contribution is -0.385. The Balaban J connectivity index is 1.95. The molecule has 24 heavy (non-hydrogen) atoms. The second-order valence-corrected chi connectivity index (χ2v) is 4.86. The second kappa shape index (κ2) is 7.32. The first-order chi connectivity index (χ1) is 11.4. The Morgan fingerprint density at radius 3 is 2.58 bits per heavy atom. The van der Waals surface area contributed by atoms with Crippen LogP contribution in [0.15, 0.2) is 42.5 Å². The van der Waals surface area contributed by atoms with Crippen molar-refractivity contribution in [1.82, 2.24) is 0 Å². The Labute approximate surface area is 136 Å². The quantitative estimate of drug-likeness (QED) is 0.516. The van der Waals surface area contributed by atoms with Crippen LogP contribution in [-0.4, -0.2) is 23.4 Å². The molecule has 0 atom stereocenters. The molecule has 2 aromatic carbocycles. The van der Waals surface area contributed by atoms with Gasteiger partial charge in [0.25, 0.3) is 11.6 Å². The van der Waals surface area contributed by atoms with Crippen LogP contribution in [-0.2, 0) is 9.53 Å². The minimum atomic E-state index is -0.809. The fourth-order valence-corrected chi connectivity index (χ4v) is 1.95. The molecule has 0 unspecified atom stereocenters. The van der Waals surface area contributed by atoms with Gasteiger partial charge in [-0.05, 0) is 31.2 Å². The van der Waals surface area contributed by atoms with Gasteiger partial charge in [-0.2, -0.15) is 0 Å². The number of anilines is 1. The fourth-order valence-electron chi connectivity index (χ4n) is 1.95. The van der Waals surface area contributed by atoms with Gasteiger partial charge in [0.2, 0.25) is 0 Å². The first-order valence-corrected chi connectivity index (χ1v) is 6.85. The van der Waals surface area contributed by atoms with Gasteiger partial charge in [-0.15, -0.1) is 0 Å². The molecule has 0 fully saturated rings. The number of nitro benzene ring substituents is 1. The van der Waals surface area contributed by atoms with Crippen LogP contribution in [0.4, 0.5) is 15.8 Å². The van der Waals surface area contributed by atoms with Gasteiger partial charge >= 0.3 is 5.97 Å². The molecule has 0 saturated heterocycles. The van der Waals surface area contributed by atoms with Crippen molar-refractivity contribution in [2.75, 3.05) is 11.9 Å². The smallest absolute Gasteiger partial charge is 0.338 e. The molecular formula is C16H13FN2O5. The highest BCUT2D eigenvalue weighted by atomic mass is 19.1. The summed E-state index contributed by atoms with van der Waals surface area (Å²) in [5.41, 5.74) is 0.232. The molecule has 0 aromatic heterocycles. The first-order valence-electron chi connectivity index (χ1n) is 6.85. The van der Waals surface area contributed by atoms with Crippen molar-refractivity contribution >= 4 is 23.3 Å². The molecule has 0 aliphatic heterocycles. The average molecular weight is 332 g/mol. The van der Waals surface area contributed by atoms with Crippen molar-refractivity contribution in [3.8, 4) is 0 Å². The van der Waals surface area contributed by atoms with Gasteiger partial charge < -0.3 is 10.1 Å². The van der Waals surface area contributed by atoms with E-state index in [0.29, 0.717) is 5.56 Å². The molecular weight excluding hydrogens is 319 g/mol. The van der Waals surface area contributed by atoms with Crippen LogP contribution in [0.25, 0.3) is 0 Å². The number of para-hydroxylation sites is 1. The van der Waals surface area contributed by atoms with E-state index in [1.54, 1.807) is 6.07 Å². The van der Waals surface area contributed by atoms with Gasteiger partial charge in [-0.1, -0.05) is 12.1 Å². The molecule has 8 heteroatoms. The number of carbonyl (C=O) groups excluding carboxylic acids is 2. The van der Waals surface area contributed by atoms with Crippen LogP contribution in [0.2, 0.25) is 0 Å².